The van der Waals surface area contributed by atoms with Crippen LogP contribution in [0.5, 0.6) is 0 Å². The summed E-state index contributed by atoms with van der Waals surface area (Å²) in [5.74, 6) is 1.27. The Morgan fingerprint density at radius 1 is 1.43 bits per heavy atom. The Balaban J connectivity index is 1.51. The first kappa shape index (κ1) is 14.4. The van der Waals surface area contributed by atoms with Crippen LogP contribution in [-0.2, 0) is 13.6 Å². The first-order valence-corrected chi connectivity index (χ1v) is 8.46. The Bertz CT molecular complexity index is 773. The fourth-order valence-corrected chi connectivity index (χ4v) is 3.77. The highest BCUT2D eigenvalue weighted by atomic mass is 32.1. The second-order valence-electron chi connectivity index (χ2n) is 5.74. The zero-order valence-corrected chi connectivity index (χ0v) is 13.7. The van der Waals surface area contributed by atoms with Crippen LogP contribution in [0.25, 0.3) is 10.6 Å². The SMILES string of the molecule is Cn1nc(C2CCCN2Cc2csc(-c3ccoc3)n2)nc1N. The molecule has 4 rings (SSSR count). The molecule has 23 heavy (non-hydrogen) atoms. The summed E-state index contributed by atoms with van der Waals surface area (Å²) in [5, 5.41) is 7.54. The summed E-state index contributed by atoms with van der Waals surface area (Å²) in [7, 11) is 1.82. The van der Waals surface area contributed by atoms with Crippen LogP contribution in [0.2, 0.25) is 0 Å². The fraction of sp³-hybridized carbons (Fsp3) is 0.400. The molecule has 2 N–H and O–H groups in total. The topological polar surface area (TPSA) is 86.0 Å². The van der Waals surface area contributed by atoms with Crippen LogP contribution in [0.15, 0.2) is 28.4 Å². The molecule has 3 aromatic heterocycles. The maximum absolute atomic E-state index is 5.82. The Kier molecular flexibility index (Phi) is 3.62. The lowest BCUT2D eigenvalue weighted by molar-refractivity contribution is 0.237. The number of hydrogen-bond donors (Lipinski definition) is 1. The van der Waals surface area contributed by atoms with Gasteiger partial charge in [0.15, 0.2) is 5.82 Å². The summed E-state index contributed by atoms with van der Waals surface area (Å²) in [4.78, 5) is 11.5. The lowest BCUT2D eigenvalue weighted by Gasteiger charge is -2.20. The van der Waals surface area contributed by atoms with E-state index in [1.165, 1.54) is 0 Å². The minimum atomic E-state index is 0.220. The van der Waals surface area contributed by atoms with E-state index >= 15 is 0 Å². The largest absolute Gasteiger partial charge is 0.472 e. The molecule has 1 aliphatic rings. The molecule has 1 fully saturated rings. The summed E-state index contributed by atoms with van der Waals surface area (Å²) in [6.45, 7) is 1.83. The van der Waals surface area contributed by atoms with Crippen molar-refractivity contribution in [2.45, 2.75) is 25.4 Å². The predicted octanol–water partition coefficient (Wildman–Crippen LogP) is 2.45. The minimum Gasteiger partial charge on any atom is -0.472 e. The van der Waals surface area contributed by atoms with E-state index in [0.717, 1.165) is 48.0 Å². The summed E-state index contributed by atoms with van der Waals surface area (Å²) >= 11 is 1.64. The maximum Gasteiger partial charge on any atom is 0.218 e. The first-order chi connectivity index (χ1) is 11.2. The maximum atomic E-state index is 5.82. The fourth-order valence-electron chi connectivity index (χ4n) is 2.97. The molecule has 0 bridgehead atoms. The van der Waals surface area contributed by atoms with Crippen molar-refractivity contribution in [1.82, 2.24) is 24.6 Å². The van der Waals surface area contributed by atoms with Crippen LogP contribution in [0.4, 0.5) is 5.95 Å². The molecule has 1 unspecified atom stereocenters. The van der Waals surface area contributed by atoms with Crippen molar-refractivity contribution >= 4 is 17.3 Å². The van der Waals surface area contributed by atoms with E-state index in [4.69, 9.17) is 15.1 Å². The molecule has 8 heteroatoms. The zero-order chi connectivity index (χ0) is 15.8. The molecule has 7 nitrogen and oxygen atoms in total. The molecule has 0 spiro atoms. The van der Waals surface area contributed by atoms with E-state index < -0.39 is 0 Å². The molecule has 1 saturated heterocycles. The number of anilines is 1. The first-order valence-electron chi connectivity index (χ1n) is 7.58. The molecule has 3 aromatic rings. The van der Waals surface area contributed by atoms with Crippen LogP contribution in [0.1, 0.15) is 30.4 Å². The Morgan fingerprint density at radius 3 is 3.09 bits per heavy atom. The summed E-state index contributed by atoms with van der Waals surface area (Å²) in [6, 6.07) is 2.15. The third-order valence-electron chi connectivity index (χ3n) is 4.16. The molecule has 0 aromatic carbocycles. The van der Waals surface area contributed by atoms with Crippen molar-refractivity contribution in [1.29, 1.82) is 0 Å². The number of nitrogens with two attached hydrogens (primary N) is 1. The van der Waals surface area contributed by atoms with E-state index in [1.54, 1.807) is 28.5 Å². The van der Waals surface area contributed by atoms with Crippen LogP contribution < -0.4 is 5.73 Å². The van der Waals surface area contributed by atoms with E-state index in [9.17, 15) is 0 Å². The third-order valence-corrected chi connectivity index (χ3v) is 5.10. The van der Waals surface area contributed by atoms with Gasteiger partial charge in [0.05, 0.1) is 18.0 Å². The number of nitrogen functional groups attached to an aromatic ring is 1. The number of rotatable bonds is 4. The molecule has 0 saturated carbocycles. The van der Waals surface area contributed by atoms with Gasteiger partial charge in [-0.25, -0.2) is 9.67 Å². The highest BCUT2D eigenvalue weighted by Crippen LogP contribution is 2.32. The summed E-state index contributed by atoms with van der Waals surface area (Å²) in [5.41, 5.74) is 7.91. The van der Waals surface area contributed by atoms with Gasteiger partial charge in [0.25, 0.3) is 0 Å². The molecular formula is C15H18N6OS. The predicted molar refractivity (Wildman–Crippen MR) is 87.6 cm³/mol. The average Bonchev–Trinajstić information content (AvgIpc) is 3.29. The van der Waals surface area contributed by atoms with Crippen molar-refractivity contribution in [3.05, 3.63) is 35.5 Å². The van der Waals surface area contributed by atoms with Crippen molar-refractivity contribution < 1.29 is 4.42 Å². The van der Waals surface area contributed by atoms with Gasteiger partial charge in [0.2, 0.25) is 5.95 Å². The van der Waals surface area contributed by atoms with Crippen molar-refractivity contribution in [3.8, 4) is 10.6 Å². The standard InChI is InChI=1S/C15H18N6OS/c1-20-15(16)18-13(19-20)12-3-2-5-21(12)7-11-9-23-14(17-11)10-4-6-22-8-10/h4,6,8-9,12H,2-3,5,7H2,1H3,(H2,16,18,19). The van der Waals surface area contributed by atoms with E-state index in [2.05, 4.69) is 20.4 Å². The number of furan rings is 1. The summed E-state index contributed by atoms with van der Waals surface area (Å²) < 4.78 is 6.76. The summed E-state index contributed by atoms with van der Waals surface area (Å²) in [6.07, 6.45) is 5.59. The smallest absolute Gasteiger partial charge is 0.218 e. The number of thiazole rings is 1. The van der Waals surface area contributed by atoms with Crippen molar-refractivity contribution in [3.63, 3.8) is 0 Å². The number of likely N-dealkylation sites (tertiary alicyclic amines) is 1. The number of aromatic nitrogens is 4. The van der Waals surface area contributed by atoms with Gasteiger partial charge in [-0.3, -0.25) is 4.90 Å². The molecular weight excluding hydrogens is 312 g/mol. The van der Waals surface area contributed by atoms with Gasteiger partial charge in [-0.15, -0.1) is 11.3 Å². The van der Waals surface area contributed by atoms with Gasteiger partial charge in [-0.1, -0.05) is 0 Å². The van der Waals surface area contributed by atoms with Crippen LogP contribution in [0.3, 0.4) is 0 Å². The Labute approximate surface area is 137 Å². The van der Waals surface area contributed by atoms with Crippen LogP contribution >= 0.6 is 11.3 Å². The quantitative estimate of drug-likeness (QED) is 0.791. The molecule has 4 heterocycles. The van der Waals surface area contributed by atoms with Crippen molar-refractivity contribution in [2.24, 2.45) is 7.05 Å². The van der Waals surface area contributed by atoms with Crippen LogP contribution in [-0.4, -0.2) is 31.2 Å². The Morgan fingerprint density at radius 2 is 2.35 bits per heavy atom. The van der Waals surface area contributed by atoms with Crippen LogP contribution in [0, 0.1) is 0 Å². The number of hydrogen-bond acceptors (Lipinski definition) is 7. The highest BCUT2D eigenvalue weighted by molar-refractivity contribution is 7.13. The molecule has 0 amide bonds. The lowest BCUT2D eigenvalue weighted by Crippen LogP contribution is -2.24. The highest BCUT2D eigenvalue weighted by Gasteiger charge is 2.30. The van der Waals surface area contributed by atoms with E-state index in [0.29, 0.717) is 5.95 Å². The van der Waals surface area contributed by atoms with Gasteiger partial charge in [0, 0.05) is 24.5 Å². The van der Waals surface area contributed by atoms with Gasteiger partial charge in [-0.05, 0) is 25.5 Å². The molecule has 0 aliphatic carbocycles. The number of nitrogens with zero attached hydrogens (tertiary/aromatic N) is 5. The number of aryl methyl sites for hydroxylation is 1. The molecule has 0 radical (unpaired) electrons. The lowest BCUT2D eigenvalue weighted by atomic mass is 10.2. The Hall–Kier alpha value is -2.19. The normalized spacial score (nSPS) is 18.7. The van der Waals surface area contributed by atoms with Gasteiger partial charge >= 0.3 is 0 Å². The molecule has 1 atom stereocenters. The van der Waals surface area contributed by atoms with Crippen molar-refractivity contribution in [2.75, 3.05) is 12.3 Å². The van der Waals surface area contributed by atoms with Gasteiger partial charge < -0.3 is 10.2 Å². The van der Waals surface area contributed by atoms with Gasteiger partial charge in [-0.2, -0.15) is 10.1 Å². The van der Waals surface area contributed by atoms with E-state index in [1.807, 2.05) is 13.1 Å². The minimum absolute atomic E-state index is 0.220. The third kappa shape index (κ3) is 2.75. The van der Waals surface area contributed by atoms with Gasteiger partial charge in [0.1, 0.15) is 11.3 Å². The monoisotopic (exact) mass is 330 g/mol. The molecule has 120 valence electrons. The zero-order valence-electron chi connectivity index (χ0n) is 12.8. The second kappa shape index (κ2) is 5.78. The second-order valence-corrected chi connectivity index (χ2v) is 6.59. The average molecular weight is 330 g/mol. The van der Waals surface area contributed by atoms with E-state index in [-0.39, 0.29) is 6.04 Å². The molecule has 1 aliphatic heterocycles.